The Morgan fingerprint density at radius 2 is 2.38 bits per heavy atom. The first-order valence-corrected chi connectivity index (χ1v) is 7.61. The Hall–Kier alpha value is -1.02. The molecule has 16 heavy (non-hydrogen) atoms. The minimum atomic E-state index is -3.11. The number of hydrogen-bond acceptors (Lipinski definition) is 6. The Bertz CT molecular complexity index is 579. The van der Waals surface area contributed by atoms with Crippen molar-refractivity contribution in [1.29, 1.82) is 0 Å². The normalized spacial score (nSPS) is 19.7. The van der Waals surface area contributed by atoms with Gasteiger partial charge in [0.15, 0.2) is 5.16 Å². The molecule has 0 amide bonds. The second-order valence-corrected chi connectivity index (χ2v) is 6.90. The Balaban J connectivity index is 2.44. The largest absolute Gasteiger partial charge is 0.383 e. The Kier molecular flexibility index (Phi) is 2.70. The Labute approximate surface area is 96.8 Å². The highest BCUT2D eigenvalue weighted by Crippen LogP contribution is 2.30. The maximum absolute atomic E-state index is 11.7. The number of thioether (sulfide) groups is 1. The summed E-state index contributed by atoms with van der Waals surface area (Å²) in [5.74, 6) is 0.667. The van der Waals surface area contributed by atoms with Gasteiger partial charge in [0.25, 0.3) is 5.56 Å². The summed E-state index contributed by atoms with van der Waals surface area (Å²) in [6.07, 6.45) is 1.16. The van der Waals surface area contributed by atoms with Gasteiger partial charge < -0.3 is 5.73 Å². The SMILES string of the molecule is CS(=O)(=O)CC1CSc2nc(N)cc(=O)n21. The molecule has 1 aliphatic rings. The van der Waals surface area contributed by atoms with Gasteiger partial charge in [-0.1, -0.05) is 11.8 Å². The quantitative estimate of drug-likeness (QED) is 0.722. The number of rotatable bonds is 2. The molecule has 8 heteroatoms. The van der Waals surface area contributed by atoms with Crippen LogP contribution in [-0.4, -0.2) is 35.7 Å². The maximum atomic E-state index is 11.7. The van der Waals surface area contributed by atoms with Crippen LogP contribution >= 0.6 is 11.8 Å². The summed E-state index contributed by atoms with van der Waals surface area (Å²) in [5, 5.41) is 0.499. The lowest BCUT2D eigenvalue weighted by molar-refractivity contribution is 0.530. The van der Waals surface area contributed by atoms with Crippen LogP contribution in [0, 0.1) is 0 Å². The zero-order chi connectivity index (χ0) is 11.9. The van der Waals surface area contributed by atoms with Crippen LogP contribution in [0.1, 0.15) is 6.04 Å². The van der Waals surface area contributed by atoms with Gasteiger partial charge >= 0.3 is 0 Å². The van der Waals surface area contributed by atoms with Crippen LogP contribution in [0.25, 0.3) is 0 Å². The Morgan fingerprint density at radius 3 is 3.00 bits per heavy atom. The van der Waals surface area contributed by atoms with Crippen molar-refractivity contribution in [3.8, 4) is 0 Å². The van der Waals surface area contributed by atoms with Gasteiger partial charge in [-0.05, 0) is 0 Å². The molecule has 0 spiro atoms. The fraction of sp³-hybridized carbons (Fsp3) is 0.500. The molecule has 1 unspecified atom stereocenters. The summed E-state index contributed by atoms with van der Waals surface area (Å²) in [6.45, 7) is 0. The number of nitrogen functional groups attached to an aromatic ring is 1. The number of nitrogens with two attached hydrogens (primary N) is 1. The summed E-state index contributed by atoms with van der Waals surface area (Å²) < 4.78 is 23.8. The summed E-state index contributed by atoms with van der Waals surface area (Å²) >= 11 is 1.35. The van der Waals surface area contributed by atoms with Gasteiger partial charge in [-0.2, -0.15) is 0 Å². The molecule has 0 saturated carbocycles. The summed E-state index contributed by atoms with van der Waals surface area (Å²) in [7, 11) is -3.11. The highest BCUT2D eigenvalue weighted by molar-refractivity contribution is 7.99. The van der Waals surface area contributed by atoms with Gasteiger partial charge in [-0.15, -0.1) is 0 Å². The molecule has 2 heterocycles. The van der Waals surface area contributed by atoms with E-state index in [0.29, 0.717) is 10.9 Å². The number of fused-ring (bicyclic) bond motifs is 1. The number of nitrogens with zero attached hydrogens (tertiary/aromatic N) is 2. The molecule has 0 aliphatic carbocycles. The van der Waals surface area contributed by atoms with E-state index in [4.69, 9.17) is 5.73 Å². The number of sulfone groups is 1. The zero-order valence-electron chi connectivity index (χ0n) is 8.58. The second kappa shape index (κ2) is 3.77. The lowest BCUT2D eigenvalue weighted by atomic mass is 10.4. The third-order valence-corrected chi connectivity index (χ3v) is 4.29. The first kappa shape index (κ1) is 11.5. The van der Waals surface area contributed by atoms with Gasteiger partial charge in [0.1, 0.15) is 15.7 Å². The van der Waals surface area contributed by atoms with Crippen molar-refractivity contribution in [3.63, 3.8) is 0 Å². The Morgan fingerprint density at radius 1 is 1.69 bits per heavy atom. The first-order chi connectivity index (χ1) is 7.37. The molecule has 2 rings (SSSR count). The predicted molar refractivity (Wildman–Crippen MR) is 62.4 cm³/mol. The lowest BCUT2D eigenvalue weighted by Crippen LogP contribution is -2.28. The highest BCUT2D eigenvalue weighted by Gasteiger charge is 2.28. The second-order valence-electron chi connectivity index (χ2n) is 3.73. The topological polar surface area (TPSA) is 95.1 Å². The number of aromatic nitrogens is 2. The molecule has 0 fully saturated rings. The average Bonchev–Trinajstić information content (AvgIpc) is 2.44. The molecular weight excluding hydrogens is 250 g/mol. The fourth-order valence-corrected chi connectivity index (χ4v) is 3.91. The van der Waals surface area contributed by atoms with Gasteiger partial charge in [0, 0.05) is 18.1 Å². The van der Waals surface area contributed by atoms with Gasteiger partial charge in [0.2, 0.25) is 0 Å². The molecule has 88 valence electrons. The lowest BCUT2D eigenvalue weighted by Gasteiger charge is -2.11. The van der Waals surface area contributed by atoms with Crippen LogP contribution < -0.4 is 11.3 Å². The van der Waals surface area contributed by atoms with E-state index in [-0.39, 0.29) is 23.2 Å². The predicted octanol–water partition coefficient (Wildman–Crippen LogP) is -0.483. The molecule has 1 aliphatic heterocycles. The van der Waals surface area contributed by atoms with E-state index in [1.54, 1.807) is 0 Å². The van der Waals surface area contributed by atoms with Crippen molar-refractivity contribution in [1.82, 2.24) is 9.55 Å². The van der Waals surface area contributed by atoms with E-state index in [1.165, 1.54) is 22.4 Å². The minimum Gasteiger partial charge on any atom is -0.383 e. The summed E-state index contributed by atoms with van der Waals surface area (Å²) in [5.41, 5.74) is 5.16. The van der Waals surface area contributed by atoms with E-state index < -0.39 is 9.84 Å². The molecule has 0 saturated heterocycles. The van der Waals surface area contributed by atoms with Gasteiger partial charge in [0.05, 0.1) is 11.8 Å². The van der Waals surface area contributed by atoms with Crippen LogP contribution in [0.3, 0.4) is 0 Å². The number of hydrogen-bond donors (Lipinski definition) is 1. The molecular formula is C8H11N3O3S2. The van der Waals surface area contributed by atoms with Crippen LogP contribution in [0.5, 0.6) is 0 Å². The molecule has 6 nitrogen and oxygen atoms in total. The van der Waals surface area contributed by atoms with Gasteiger partial charge in [-0.3, -0.25) is 9.36 Å². The third kappa shape index (κ3) is 2.22. The molecule has 1 aromatic rings. The minimum absolute atomic E-state index is 0.0432. The van der Waals surface area contributed by atoms with Crippen molar-refractivity contribution in [3.05, 3.63) is 16.4 Å². The average molecular weight is 261 g/mol. The van der Waals surface area contributed by atoms with E-state index in [9.17, 15) is 13.2 Å². The molecule has 0 aromatic carbocycles. The van der Waals surface area contributed by atoms with Crippen LogP contribution in [0.15, 0.2) is 16.0 Å². The molecule has 0 radical (unpaired) electrons. The van der Waals surface area contributed by atoms with Crippen molar-refractivity contribution < 1.29 is 8.42 Å². The fourth-order valence-electron chi connectivity index (χ4n) is 1.64. The van der Waals surface area contributed by atoms with Crippen LogP contribution in [-0.2, 0) is 9.84 Å². The number of anilines is 1. The van der Waals surface area contributed by atoms with E-state index in [2.05, 4.69) is 4.98 Å². The summed E-state index contributed by atoms with van der Waals surface area (Å²) in [4.78, 5) is 15.7. The van der Waals surface area contributed by atoms with Crippen molar-refractivity contribution >= 4 is 27.4 Å². The third-order valence-electron chi connectivity index (χ3n) is 2.20. The molecule has 0 bridgehead atoms. The molecule has 1 aromatic heterocycles. The molecule has 2 N–H and O–H groups in total. The van der Waals surface area contributed by atoms with Crippen LogP contribution in [0.2, 0.25) is 0 Å². The van der Waals surface area contributed by atoms with Crippen LogP contribution in [0.4, 0.5) is 5.82 Å². The standard InChI is InChI=1S/C8H11N3O3S2/c1-16(13,14)4-5-3-15-8-10-6(9)2-7(12)11(5)8/h2,5H,3-4,9H2,1H3. The van der Waals surface area contributed by atoms with E-state index in [0.717, 1.165) is 6.26 Å². The maximum Gasteiger partial charge on any atom is 0.256 e. The first-order valence-electron chi connectivity index (χ1n) is 4.56. The highest BCUT2D eigenvalue weighted by atomic mass is 32.2. The van der Waals surface area contributed by atoms with E-state index in [1.807, 2.05) is 0 Å². The summed E-state index contributed by atoms with van der Waals surface area (Å²) in [6, 6.07) is 0.876. The van der Waals surface area contributed by atoms with Crippen molar-refractivity contribution in [2.45, 2.75) is 11.2 Å². The van der Waals surface area contributed by atoms with Crippen molar-refractivity contribution in [2.24, 2.45) is 0 Å². The smallest absolute Gasteiger partial charge is 0.256 e. The van der Waals surface area contributed by atoms with Crippen molar-refractivity contribution in [2.75, 3.05) is 23.5 Å². The van der Waals surface area contributed by atoms with E-state index >= 15 is 0 Å². The monoisotopic (exact) mass is 261 g/mol. The molecule has 1 atom stereocenters. The van der Waals surface area contributed by atoms with Gasteiger partial charge in [-0.25, -0.2) is 13.4 Å². The zero-order valence-corrected chi connectivity index (χ0v) is 10.2.